The Balaban J connectivity index is 2.03. The highest BCUT2D eigenvalue weighted by molar-refractivity contribution is 6.46. The third-order valence-corrected chi connectivity index (χ3v) is 5.32. The normalized spacial score (nSPS) is 18.1. The van der Waals surface area contributed by atoms with Crippen molar-refractivity contribution in [2.24, 2.45) is 0 Å². The molecule has 1 amide bonds. The molecule has 1 aliphatic heterocycles. The molecule has 1 heterocycles. The van der Waals surface area contributed by atoms with Gasteiger partial charge in [0.2, 0.25) is 0 Å². The molecule has 0 unspecified atom stereocenters. The average Bonchev–Trinajstić information content (AvgIpc) is 3.01. The summed E-state index contributed by atoms with van der Waals surface area (Å²) in [7, 11) is 1.52. The van der Waals surface area contributed by atoms with Gasteiger partial charge in [0.05, 0.1) is 24.8 Å². The van der Waals surface area contributed by atoms with Crippen molar-refractivity contribution >= 4 is 29.1 Å². The van der Waals surface area contributed by atoms with E-state index >= 15 is 0 Å². The predicted molar refractivity (Wildman–Crippen MR) is 119 cm³/mol. The van der Waals surface area contributed by atoms with Gasteiger partial charge in [-0.05, 0) is 50.1 Å². The molecular weight excluding hydrogens is 418 g/mol. The molecule has 0 radical (unpaired) electrons. The number of rotatable bonds is 8. The number of halogens is 1. The molecule has 3 rings (SSSR count). The molecule has 1 aliphatic rings. The van der Waals surface area contributed by atoms with Crippen molar-refractivity contribution in [3.8, 4) is 5.75 Å². The van der Waals surface area contributed by atoms with Crippen molar-refractivity contribution in [1.29, 1.82) is 0 Å². The molecule has 0 bridgehead atoms. The summed E-state index contributed by atoms with van der Waals surface area (Å²) in [6.07, 6.45) is 0.643. The number of carbonyl (C=O) groups is 2. The van der Waals surface area contributed by atoms with Gasteiger partial charge >= 0.3 is 0 Å². The van der Waals surface area contributed by atoms with Crippen LogP contribution in [0.2, 0.25) is 5.02 Å². The van der Waals surface area contributed by atoms with Crippen molar-refractivity contribution < 1.29 is 24.2 Å². The molecule has 31 heavy (non-hydrogen) atoms. The number of carbonyl (C=O) groups excluding carboxylic acids is 2. The Hall–Kier alpha value is -2.83. The number of ether oxygens (including phenoxy) is 2. The summed E-state index contributed by atoms with van der Waals surface area (Å²) in [6, 6.07) is 12.9. The van der Waals surface area contributed by atoms with E-state index in [2.05, 4.69) is 0 Å². The summed E-state index contributed by atoms with van der Waals surface area (Å²) in [5.41, 5.74) is 1.14. The van der Waals surface area contributed by atoms with Crippen molar-refractivity contribution in [3.63, 3.8) is 0 Å². The van der Waals surface area contributed by atoms with Gasteiger partial charge in [0.1, 0.15) is 11.5 Å². The average molecular weight is 444 g/mol. The Morgan fingerprint density at radius 2 is 1.87 bits per heavy atom. The molecule has 2 aromatic carbocycles. The van der Waals surface area contributed by atoms with Crippen molar-refractivity contribution in [3.05, 3.63) is 70.3 Å². The highest BCUT2D eigenvalue weighted by atomic mass is 35.5. The Kier molecular flexibility index (Phi) is 7.36. The lowest BCUT2D eigenvalue weighted by Gasteiger charge is -2.25. The van der Waals surface area contributed by atoms with Gasteiger partial charge in [0.25, 0.3) is 11.7 Å². The van der Waals surface area contributed by atoms with Crippen LogP contribution in [0.1, 0.15) is 37.4 Å². The van der Waals surface area contributed by atoms with Gasteiger partial charge < -0.3 is 19.5 Å². The summed E-state index contributed by atoms with van der Waals surface area (Å²) in [5.74, 6) is -1.07. The van der Waals surface area contributed by atoms with Gasteiger partial charge in [-0.2, -0.15) is 0 Å². The number of hydrogen-bond donors (Lipinski definition) is 1. The lowest BCUT2D eigenvalue weighted by atomic mass is 9.95. The molecule has 0 aromatic heterocycles. The first kappa shape index (κ1) is 22.8. The molecule has 164 valence electrons. The van der Waals surface area contributed by atoms with E-state index in [1.807, 2.05) is 13.8 Å². The Bertz CT molecular complexity index is 984. The van der Waals surface area contributed by atoms with Crippen LogP contribution < -0.4 is 4.74 Å². The van der Waals surface area contributed by atoms with Gasteiger partial charge in [-0.3, -0.25) is 9.59 Å². The molecular formula is C24H26ClNO5. The molecule has 1 saturated heterocycles. The fraction of sp³-hybridized carbons (Fsp3) is 0.333. The van der Waals surface area contributed by atoms with Crippen molar-refractivity contribution in [1.82, 2.24) is 4.90 Å². The van der Waals surface area contributed by atoms with Gasteiger partial charge in [-0.1, -0.05) is 35.9 Å². The van der Waals surface area contributed by atoms with Gasteiger partial charge in [-0.25, -0.2) is 0 Å². The number of aliphatic hydroxyl groups is 1. The number of methoxy groups -OCH3 is 1. The van der Waals surface area contributed by atoms with Crippen LogP contribution in [0, 0.1) is 0 Å². The minimum atomic E-state index is -0.720. The van der Waals surface area contributed by atoms with E-state index in [0.717, 1.165) is 0 Å². The molecule has 1 atom stereocenters. The quantitative estimate of drug-likeness (QED) is 0.279. The highest BCUT2D eigenvalue weighted by Gasteiger charge is 2.45. The zero-order valence-corrected chi connectivity index (χ0v) is 18.6. The first-order valence-corrected chi connectivity index (χ1v) is 10.5. The van der Waals surface area contributed by atoms with E-state index in [1.165, 1.54) is 12.0 Å². The van der Waals surface area contributed by atoms with Crippen molar-refractivity contribution in [2.45, 2.75) is 32.4 Å². The number of likely N-dealkylation sites (tertiary alicyclic amines) is 1. The zero-order valence-electron chi connectivity index (χ0n) is 17.8. The predicted octanol–water partition coefficient (Wildman–Crippen LogP) is 4.59. The number of aliphatic hydroxyl groups excluding tert-OH is 1. The summed E-state index contributed by atoms with van der Waals surface area (Å²) in [5, 5.41) is 11.6. The topological polar surface area (TPSA) is 76.1 Å². The maximum Gasteiger partial charge on any atom is 0.295 e. The maximum atomic E-state index is 13.0. The maximum absolute atomic E-state index is 13.0. The molecule has 1 fully saturated rings. The molecule has 6 nitrogen and oxygen atoms in total. The van der Waals surface area contributed by atoms with E-state index in [-0.39, 0.29) is 17.4 Å². The highest BCUT2D eigenvalue weighted by Crippen LogP contribution is 2.40. The third kappa shape index (κ3) is 5.09. The molecule has 1 N–H and O–H groups in total. The SMILES string of the molecule is COc1cccc(C(O)=C2C(=O)C(=O)N(CCCOC(C)C)[C@H]2c2ccc(Cl)cc2)c1. The monoisotopic (exact) mass is 443 g/mol. The van der Waals surface area contributed by atoms with Crippen LogP contribution in [0.3, 0.4) is 0 Å². The minimum absolute atomic E-state index is 0.0466. The van der Waals surface area contributed by atoms with Crippen LogP contribution >= 0.6 is 11.6 Å². The number of Topliss-reactive ketones (excluding diaryl/α,β-unsaturated/α-hetero) is 1. The summed E-state index contributed by atoms with van der Waals surface area (Å²) in [6.45, 7) is 4.66. The van der Waals surface area contributed by atoms with Gasteiger partial charge in [0.15, 0.2) is 0 Å². The van der Waals surface area contributed by atoms with Crippen LogP contribution in [0.5, 0.6) is 5.75 Å². The Morgan fingerprint density at radius 1 is 1.16 bits per heavy atom. The number of hydrogen-bond acceptors (Lipinski definition) is 5. The standard InChI is InChI=1S/C24H26ClNO5/c1-15(2)31-13-5-12-26-21(16-8-10-18(25)11-9-16)20(23(28)24(26)29)22(27)17-6-4-7-19(14-17)30-3/h4,6-11,14-15,21,27H,5,12-13H2,1-3H3/t21-/m0/s1. The fourth-order valence-electron chi connectivity index (χ4n) is 3.58. The lowest BCUT2D eigenvalue weighted by molar-refractivity contribution is -0.140. The summed E-state index contributed by atoms with van der Waals surface area (Å²) < 4.78 is 10.8. The van der Waals surface area contributed by atoms with E-state index in [0.29, 0.717) is 41.5 Å². The van der Waals surface area contributed by atoms with E-state index in [9.17, 15) is 14.7 Å². The first-order valence-electron chi connectivity index (χ1n) is 10.1. The molecule has 0 aliphatic carbocycles. The zero-order chi connectivity index (χ0) is 22.5. The van der Waals surface area contributed by atoms with Crippen LogP contribution in [0.25, 0.3) is 5.76 Å². The van der Waals surface area contributed by atoms with Crippen LogP contribution in [0.4, 0.5) is 0 Å². The van der Waals surface area contributed by atoms with Crippen molar-refractivity contribution in [2.75, 3.05) is 20.3 Å². The van der Waals surface area contributed by atoms with E-state index in [4.69, 9.17) is 21.1 Å². The number of nitrogens with zero attached hydrogens (tertiary/aromatic N) is 1. The third-order valence-electron chi connectivity index (χ3n) is 5.06. The van der Waals surface area contributed by atoms with E-state index in [1.54, 1.807) is 48.5 Å². The number of ketones is 1. The van der Waals surface area contributed by atoms with Crippen LogP contribution in [-0.2, 0) is 14.3 Å². The first-order chi connectivity index (χ1) is 14.8. The largest absolute Gasteiger partial charge is 0.507 e. The smallest absolute Gasteiger partial charge is 0.295 e. The summed E-state index contributed by atoms with van der Waals surface area (Å²) >= 11 is 6.03. The number of amides is 1. The fourth-order valence-corrected chi connectivity index (χ4v) is 3.71. The Morgan fingerprint density at radius 3 is 2.52 bits per heavy atom. The van der Waals surface area contributed by atoms with Gasteiger partial charge in [-0.15, -0.1) is 0 Å². The molecule has 7 heteroatoms. The second-order valence-corrected chi connectivity index (χ2v) is 7.99. The lowest BCUT2D eigenvalue weighted by Crippen LogP contribution is -2.31. The van der Waals surface area contributed by atoms with Crippen LogP contribution in [0.15, 0.2) is 54.1 Å². The number of benzene rings is 2. The minimum Gasteiger partial charge on any atom is -0.507 e. The second-order valence-electron chi connectivity index (χ2n) is 7.55. The van der Waals surface area contributed by atoms with Gasteiger partial charge in [0, 0.05) is 23.7 Å². The second kappa shape index (κ2) is 9.98. The summed E-state index contributed by atoms with van der Waals surface area (Å²) in [4.78, 5) is 27.4. The molecule has 2 aromatic rings. The van der Waals surface area contributed by atoms with Crippen LogP contribution in [-0.4, -0.2) is 48.1 Å². The Labute approximate surface area is 187 Å². The molecule has 0 saturated carbocycles. The molecule has 0 spiro atoms. The van der Waals surface area contributed by atoms with E-state index < -0.39 is 17.7 Å².